The molecule has 1 N–H and O–H groups in total. The second-order valence-electron chi connectivity index (χ2n) is 7.40. The molecular weight excluding hydrogens is 342 g/mol. The van der Waals surface area contributed by atoms with E-state index in [1.54, 1.807) is 6.20 Å². The van der Waals surface area contributed by atoms with E-state index in [9.17, 15) is 9.59 Å². The van der Waals surface area contributed by atoms with Gasteiger partial charge in [-0.15, -0.1) is 0 Å². The lowest BCUT2D eigenvalue weighted by molar-refractivity contribution is -0.136. The van der Waals surface area contributed by atoms with Gasteiger partial charge in [0.1, 0.15) is 0 Å². The summed E-state index contributed by atoms with van der Waals surface area (Å²) in [6.07, 6.45) is 6.29. The predicted molar refractivity (Wildman–Crippen MR) is 101 cm³/mol. The van der Waals surface area contributed by atoms with Crippen molar-refractivity contribution in [2.45, 2.75) is 44.6 Å². The van der Waals surface area contributed by atoms with Gasteiger partial charge in [0.25, 0.3) is 0 Å². The van der Waals surface area contributed by atoms with Crippen molar-refractivity contribution < 1.29 is 14.0 Å². The topological polar surface area (TPSA) is 75.4 Å². The van der Waals surface area contributed by atoms with E-state index >= 15 is 0 Å². The van der Waals surface area contributed by atoms with E-state index in [-0.39, 0.29) is 23.8 Å². The lowest BCUT2D eigenvalue weighted by Crippen LogP contribution is -2.48. The summed E-state index contributed by atoms with van der Waals surface area (Å²) >= 11 is 0. The van der Waals surface area contributed by atoms with Crippen LogP contribution in [0.4, 0.5) is 0 Å². The highest BCUT2D eigenvalue weighted by Gasteiger charge is 2.36. The first-order valence-corrected chi connectivity index (χ1v) is 9.77. The lowest BCUT2D eigenvalue weighted by atomic mass is 9.89. The number of nitrogens with one attached hydrogen (secondary N) is 1. The maximum absolute atomic E-state index is 12.8. The molecule has 6 heteroatoms. The Labute approximate surface area is 159 Å². The zero-order valence-electron chi connectivity index (χ0n) is 15.4. The van der Waals surface area contributed by atoms with Crippen LogP contribution in [0.1, 0.15) is 38.0 Å². The Kier molecular flexibility index (Phi) is 5.23. The van der Waals surface area contributed by atoms with Gasteiger partial charge in [0.2, 0.25) is 11.8 Å². The second kappa shape index (κ2) is 7.94. The Bertz CT molecular complexity index is 802. The quantitative estimate of drug-likeness (QED) is 0.882. The Hall–Kier alpha value is -2.63. The van der Waals surface area contributed by atoms with E-state index in [1.165, 1.54) is 0 Å². The van der Waals surface area contributed by atoms with Crippen molar-refractivity contribution in [3.05, 3.63) is 42.4 Å². The third kappa shape index (κ3) is 4.04. The van der Waals surface area contributed by atoms with Gasteiger partial charge in [-0.1, -0.05) is 30.3 Å². The third-order valence-electron chi connectivity index (χ3n) is 5.59. The first-order valence-electron chi connectivity index (χ1n) is 9.77. The number of carbonyl (C=O) groups excluding carboxylic acids is 2. The molecule has 0 bridgehead atoms. The summed E-state index contributed by atoms with van der Waals surface area (Å²) in [5, 5.41) is 2.90. The van der Waals surface area contributed by atoms with Crippen LogP contribution in [0.3, 0.4) is 0 Å². The van der Waals surface area contributed by atoms with Gasteiger partial charge in [0.05, 0.1) is 6.20 Å². The maximum Gasteiger partial charge on any atom is 0.223 e. The Morgan fingerprint density at radius 2 is 2.11 bits per heavy atom. The summed E-state index contributed by atoms with van der Waals surface area (Å²) in [6, 6.07) is 10.0. The maximum atomic E-state index is 12.8. The molecule has 6 nitrogen and oxygen atoms in total. The average molecular weight is 367 g/mol. The standard InChI is InChI=1S/C21H25N3O3/c25-19-12-16(13-22-19)17-8-4-5-11-24(17)21(26)10-9-20-23-14-18(27-20)15-6-2-1-3-7-15/h1-3,6-7,14,16-17H,4-5,8-13H2,(H,22,25)/t16-,17-/m1/s1. The highest BCUT2D eigenvalue weighted by molar-refractivity contribution is 5.79. The zero-order chi connectivity index (χ0) is 18.6. The van der Waals surface area contributed by atoms with Crippen molar-refractivity contribution in [3.8, 4) is 11.3 Å². The highest BCUT2D eigenvalue weighted by atomic mass is 16.4. The van der Waals surface area contributed by atoms with Crippen molar-refractivity contribution in [2.75, 3.05) is 13.1 Å². The van der Waals surface area contributed by atoms with Crippen molar-refractivity contribution >= 4 is 11.8 Å². The minimum atomic E-state index is 0.103. The minimum absolute atomic E-state index is 0.103. The van der Waals surface area contributed by atoms with Gasteiger partial charge < -0.3 is 14.6 Å². The minimum Gasteiger partial charge on any atom is -0.441 e. The molecule has 2 saturated heterocycles. The summed E-state index contributed by atoms with van der Waals surface area (Å²) in [4.78, 5) is 30.7. The van der Waals surface area contributed by atoms with Crippen LogP contribution >= 0.6 is 0 Å². The predicted octanol–water partition coefficient (Wildman–Crippen LogP) is 2.79. The van der Waals surface area contributed by atoms with Crippen LogP contribution in [0.2, 0.25) is 0 Å². The Morgan fingerprint density at radius 3 is 2.89 bits per heavy atom. The van der Waals surface area contributed by atoms with Crippen LogP contribution in [-0.4, -0.2) is 40.8 Å². The molecule has 2 aliphatic rings. The van der Waals surface area contributed by atoms with Crippen LogP contribution in [-0.2, 0) is 16.0 Å². The molecule has 3 heterocycles. The number of carbonyl (C=O) groups is 2. The number of hydrogen-bond acceptors (Lipinski definition) is 4. The molecule has 2 aromatic rings. The monoisotopic (exact) mass is 367 g/mol. The number of hydrogen-bond donors (Lipinski definition) is 1. The number of piperidine rings is 1. The molecule has 1 aromatic heterocycles. The van der Waals surface area contributed by atoms with E-state index in [1.807, 2.05) is 35.2 Å². The van der Waals surface area contributed by atoms with Gasteiger partial charge >= 0.3 is 0 Å². The molecule has 27 heavy (non-hydrogen) atoms. The summed E-state index contributed by atoms with van der Waals surface area (Å²) in [6.45, 7) is 1.47. The zero-order valence-corrected chi connectivity index (χ0v) is 15.4. The van der Waals surface area contributed by atoms with Crippen LogP contribution in [0, 0.1) is 5.92 Å². The number of aryl methyl sites for hydroxylation is 1. The van der Waals surface area contributed by atoms with Gasteiger partial charge in [-0.25, -0.2) is 4.98 Å². The fourth-order valence-electron chi connectivity index (χ4n) is 4.18. The summed E-state index contributed by atoms with van der Waals surface area (Å²) in [7, 11) is 0. The van der Waals surface area contributed by atoms with E-state index in [0.717, 1.165) is 37.1 Å². The molecule has 142 valence electrons. The smallest absolute Gasteiger partial charge is 0.223 e. The van der Waals surface area contributed by atoms with Crippen LogP contribution in [0.25, 0.3) is 11.3 Å². The molecule has 4 rings (SSSR count). The van der Waals surface area contributed by atoms with E-state index in [0.29, 0.717) is 31.7 Å². The summed E-state index contributed by atoms with van der Waals surface area (Å²) in [5.41, 5.74) is 0.983. The largest absolute Gasteiger partial charge is 0.441 e. The first kappa shape index (κ1) is 17.8. The fraction of sp³-hybridized carbons (Fsp3) is 0.476. The Morgan fingerprint density at radius 1 is 1.26 bits per heavy atom. The third-order valence-corrected chi connectivity index (χ3v) is 5.59. The first-order chi connectivity index (χ1) is 13.2. The number of nitrogens with zero attached hydrogens (tertiary/aromatic N) is 2. The molecule has 2 atom stereocenters. The van der Waals surface area contributed by atoms with Crippen molar-refractivity contribution in [2.24, 2.45) is 5.92 Å². The number of rotatable bonds is 5. The van der Waals surface area contributed by atoms with Crippen molar-refractivity contribution in [1.29, 1.82) is 0 Å². The van der Waals surface area contributed by atoms with E-state index in [4.69, 9.17) is 4.42 Å². The normalized spacial score (nSPS) is 22.7. The van der Waals surface area contributed by atoms with Gasteiger partial charge in [-0.2, -0.15) is 0 Å². The highest BCUT2D eigenvalue weighted by Crippen LogP contribution is 2.28. The molecule has 0 saturated carbocycles. The summed E-state index contributed by atoms with van der Waals surface area (Å²) < 4.78 is 5.81. The lowest BCUT2D eigenvalue weighted by Gasteiger charge is -2.39. The van der Waals surface area contributed by atoms with Gasteiger partial charge in [0, 0.05) is 49.9 Å². The Balaban J connectivity index is 1.37. The number of amides is 2. The molecule has 1 aromatic carbocycles. The molecular formula is C21H25N3O3. The second-order valence-corrected chi connectivity index (χ2v) is 7.40. The van der Waals surface area contributed by atoms with Gasteiger partial charge in [0.15, 0.2) is 11.7 Å². The van der Waals surface area contributed by atoms with E-state index < -0.39 is 0 Å². The molecule has 2 aliphatic heterocycles. The van der Waals surface area contributed by atoms with Crippen LogP contribution in [0.5, 0.6) is 0 Å². The molecule has 2 amide bonds. The van der Waals surface area contributed by atoms with Crippen molar-refractivity contribution in [1.82, 2.24) is 15.2 Å². The molecule has 0 spiro atoms. The van der Waals surface area contributed by atoms with Crippen LogP contribution in [0.15, 0.2) is 40.9 Å². The SMILES string of the molecule is O=C1C[C@@H]([C@H]2CCCCN2C(=O)CCc2ncc(-c3ccccc3)o2)CN1. The number of oxazole rings is 1. The van der Waals surface area contributed by atoms with Crippen LogP contribution < -0.4 is 5.32 Å². The van der Waals surface area contributed by atoms with E-state index in [2.05, 4.69) is 10.3 Å². The molecule has 2 fully saturated rings. The summed E-state index contributed by atoms with van der Waals surface area (Å²) in [5.74, 6) is 1.80. The van der Waals surface area contributed by atoms with Crippen molar-refractivity contribution in [3.63, 3.8) is 0 Å². The molecule has 0 radical (unpaired) electrons. The average Bonchev–Trinajstić information content (AvgIpc) is 3.36. The molecule has 0 unspecified atom stereocenters. The van der Waals surface area contributed by atoms with Gasteiger partial charge in [-0.05, 0) is 19.3 Å². The fourth-order valence-corrected chi connectivity index (χ4v) is 4.18. The molecule has 0 aliphatic carbocycles. The van der Waals surface area contributed by atoms with Gasteiger partial charge in [-0.3, -0.25) is 9.59 Å². The number of likely N-dealkylation sites (tertiary alicyclic amines) is 1. The number of aromatic nitrogens is 1. The number of benzene rings is 1.